The molecule has 1 aliphatic heterocycles. The number of anilines is 1. The minimum Gasteiger partial charge on any atom is -0.493 e. The highest BCUT2D eigenvalue weighted by atomic mass is 79.9. The van der Waals surface area contributed by atoms with E-state index in [0.717, 1.165) is 22.0 Å². The van der Waals surface area contributed by atoms with E-state index in [4.69, 9.17) is 21.1 Å². The minimum absolute atomic E-state index is 0.0929. The fraction of sp³-hybridized carbons (Fsp3) is 0.231. The zero-order valence-electron chi connectivity index (χ0n) is 18.3. The highest BCUT2D eigenvalue weighted by Crippen LogP contribution is 2.55. The van der Waals surface area contributed by atoms with E-state index >= 15 is 0 Å². The van der Waals surface area contributed by atoms with Crippen molar-refractivity contribution in [1.82, 2.24) is 0 Å². The van der Waals surface area contributed by atoms with Crippen LogP contribution >= 0.6 is 27.5 Å². The van der Waals surface area contributed by atoms with Crippen LogP contribution in [0, 0.1) is 16.0 Å². The standard InChI is InChI=1S/C26H22BrClN2O4/c1-33-22-13-16(12-19(27)26(22)34-14-15-6-3-2-4-7-15)24-18-9-5-8-17(18)23-21(30(31)32)11-10-20(28)25(23)29-24/h2-8,10-13,17-18,24,29H,9,14H2,1H3/t17-,18+,24-/m0/s1. The van der Waals surface area contributed by atoms with Crippen LogP contribution in [0.5, 0.6) is 11.5 Å². The van der Waals surface area contributed by atoms with Crippen molar-refractivity contribution in [2.45, 2.75) is 25.0 Å². The number of methoxy groups -OCH3 is 1. The average molecular weight is 542 g/mol. The highest BCUT2D eigenvalue weighted by Gasteiger charge is 2.42. The van der Waals surface area contributed by atoms with E-state index in [9.17, 15) is 10.1 Å². The molecule has 1 heterocycles. The molecule has 0 amide bonds. The Morgan fingerprint density at radius 1 is 1.21 bits per heavy atom. The van der Waals surface area contributed by atoms with E-state index in [2.05, 4.69) is 33.4 Å². The summed E-state index contributed by atoms with van der Waals surface area (Å²) in [6.07, 6.45) is 4.95. The Morgan fingerprint density at radius 3 is 2.74 bits per heavy atom. The van der Waals surface area contributed by atoms with Gasteiger partial charge in [-0.25, -0.2) is 0 Å². The summed E-state index contributed by atoms with van der Waals surface area (Å²) < 4.78 is 12.6. The lowest BCUT2D eigenvalue weighted by Gasteiger charge is -2.37. The van der Waals surface area contributed by atoms with Crippen LogP contribution in [0.4, 0.5) is 11.4 Å². The van der Waals surface area contributed by atoms with Gasteiger partial charge in [-0.2, -0.15) is 0 Å². The van der Waals surface area contributed by atoms with Crippen molar-refractivity contribution in [2.75, 3.05) is 12.4 Å². The first kappa shape index (κ1) is 22.7. The predicted molar refractivity (Wildman–Crippen MR) is 136 cm³/mol. The maximum atomic E-state index is 11.7. The van der Waals surface area contributed by atoms with Gasteiger partial charge in [0.25, 0.3) is 5.69 Å². The summed E-state index contributed by atoms with van der Waals surface area (Å²) >= 11 is 10.2. The molecular weight excluding hydrogens is 520 g/mol. The topological polar surface area (TPSA) is 73.6 Å². The molecule has 6 nitrogen and oxygen atoms in total. The number of nitro groups is 1. The Morgan fingerprint density at radius 2 is 2.00 bits per heavy atom. The number of rotatable bonds is 6. The number of nitrogens with one attached hydrogen (secondary N) is 1. The zero-order chi connectivity index (χ0) is 23.8. The number of benzene rings is 3. The largest absolute Gasteiger partial charge is 0.493 e. The second-order valence-electron chi connectivity index (χ2n) is 8.40. The number of ether oxygens (including phenoxy) is 2. The van der Waals surface area contributed by atoms with Crippen LogP contribution in [0.25, 0.3) is 0 Å². The molecule has 0 saturated heterocycles. The lowest BCUT2D eigenvalue weighted by molar-refractivity contribution is -0.385. The quantitative estimate of drug-likeness (QED) is 0.200. The van der Waals surface area contributed by atoms with Gasteiger partial charge >= 0.3 is 0 Å². The third-order valence-electron chi connectivity index (χ3n) is 6.48. The molecule has 0 aromatic heterocycles. The summed E-state index contributed by atoms with van der Waals surface area (Å²) in [7, 11) is 1.62. The van der Waals surface area contributed by atoms with Gasteiger partial charge in [-0.15, -0.1) is 0 Å². The fourth-order valence-electron chi connectivity index (χ4n) is 4.93. The van der Waals surface area contributed by atoms with Crippen LogP contribution in [0.3, 0.4) is 0 Å². The summed E-state index contributed by atoms with van der Waals surface area (Å²) in [6.45, 7) is 0.415. The Hall–Kier alpha value is -3.03. The highest BCUT2D eigenvalue weighted by molar-refractivity contribution is 9.10. The van der Waals surface area contributed by atoms with Crippen molar-refractivity contribution in [3.8, 4) is 11.5 Å². The number of nitrogens with zero attached hydrogens (tertiary/aromatic N) is 1. The Bertz CT molecular complexity index is 1280. The lowest BCUT2D eigenvalue weighted by Crippen LogP contribution is -2.30. The molecule has 2 aliphatic rings. The van der Waals surface area contributed by atoms with Gasteiger partial charge in [0.2, 0.25) is 0 Å². The molecule has 1 N–H and O–H groups in total. The smallest absolute Gasteiger partial charge is 0.275 e. The first-order valence-corrected chi connectivity index (χ1v) is 12.1. The molecule has 3 atom stereocenters. The lowest BCUT2D eigenvalue weighted by atomic mass is 9.76. The molecule has 3 aromatic carbocycles. The van der Waals surface area contributed by atoms with Gasteiger partial charge in [-0.3, -0.25) is 10.1 Å². The maximum Gasteiger partial charge on any atom is 0.275 e. The molecule has 8 heteroatoms. The number of hydrogen-bond acceptors (Lipinski definition) is 5. The number of halogens is 2. The van der Waals surface area contributed by atoms with Crippen molar-refractivity contribution in [2.24, 2.45) is 5.92 Å². The fourth-order valence-corrected chi connectivity index (χ4v) is 5.73. The van der Waals surface area contributed by atoms with Crippen LogP contribution in [0.15, 0.2) is 71.2 Å². The van der Waals surface area contributed by atoms with Crippen LogP contribution in [0.2, 0.25) is 5.02 Å². The number of nitro benzene ring substituents is 1. The van der Waals surface area contributed by atoms with Gasteiger partial charge in [-0.1, -0.05) is 54.1 Å². The Balaban J connectivity index is 1.51. The number of fused-ring (bicyclic) bond motifs is 3. The Labute approximate surface area is 210 Å². The van der Waals surface area contributed by atoms with Gasteiger partial charge in [0, 0.05) is 12.0 Å². The summed E-state index contributed by atoms with van der Waals surface area (Å²) in [5, 5.41) is 15.7. The van der Waals surface area contributed by atoms with Crippen LogP contribution in [-0.4, -0.2) is 12.0 Å². The second-order valence-corrected chi connectivity index (χ2v) is 9.66. The van der Waals surface area contributed by atoms with E-state index in [-0.39, 0.29) is 28.5 Å². The Kier molecular flexibility index (Phi) is 6.23. The summed E-state index contributed by atoms with van der Waals surface area (Å²) in [6, 6.07) is 16.9. The number of hydrogen-bond donors (Lipinski definition) is 1. The minimum atomic E-state index is -0.334. The normalized spacial score (nSPS) is 20.3. The van der Waals surface area contributed by atoms with Crippen molar-refractivity contribution in [3.63, 3.8) is 0 Å². The third kappa shape index (κ3) is 4.03. The molecule has 174 valence electrons. The first-order valence-electron chi connectivity index (χ1n) is 10.9. The van der Waals surface area contributed by atoms with Crippen molar-refractivity contribution >= 4 is 38.9 Å². The van der Waals surface area contributed by atoms with Gasteiger partial charge in [0.05, 0.1) is 38.8 Å². The maximum absolute atomic E-state index is 11.7. The zero-order valence-corrected chi connectivity index (χ0v) is 20.7. The van der Waals surface area contributed by atoms with Crippen LogP contribution in [0.1, 0.15) is 35.1 Å². The molecular formula is C26H22BrClN2O4. The van der Waals surface area contributed by atoms with Crippen molar-refractivity contribution in [1.29, 1.82) is 0 Å². The second kappa shape index (κ2) is 9.31. The van der Waals surface area contributed by atoms with Gasteiger partial charge in [-0.05, 0) is 57.6 Å². The SMILES string of the molecule is COc1cc([C@@H]2Nc3c(Cl)ccc([N+](=O)[O-])c3[C@H]3C=CC[C@H]32)cc(Br)c1OCc1ccccc1. The number of allylic oxidation sites excluding steroid dienone is 2. The van der Waals surface area contributed by atoms with Crippen LogP contribution < -0.4 is 14.8 Å². The third-order valence-corrected chi connectivity index (χ3v) is 7.38. The molecule has 0 fully saturated rings. The van der Waals surface area contributed by atoms with E-state index in [1.54, 1.807) is 13.2 Å². The van der Waals surface area contributed by atoms with E-state index in [0.29, 0.717) is 34.4 Å². The molecule has 0 bridgehead atoms. The van der Waals surface area contributed by atoms with Gasteiger partial charge in [0.1, 0.15) is 6.61 Å². The molecule has 0 unspecified atom stereocenters. The summed E-state index contributed by atoms with van der Waals surface area (Å²) in [5.41, 5.74) is 3.41. The predicted octanol–water partition coefficient (Wildman–Crippen LogP) is 7.42. The van der Waals surface area contributed by atoms with E-state index in [1.165, 1.54) is 6.07 Å². The molecule has 5 rings (SSSR count). The molecule has 0 saturated carbocycles. The van der Waals surface area contributed by atoms with E-state index < -0.39 is 0 Å². The molecule has 0 radical (unpaired) electrons. The summed E-state index contributed by atoms with van der Waals surface area (Å²) in [4.78, 5) is 11.4. The summed E-state index contributed by atoms with van der Waals surface area (Å²) in [5.74, 6) is 1.25. The average Bonchev–Trinajstić information content (AvgIpc) is 3.33. The van der Waals surface area contributed by atoms with Crippen molar-refractivity contribution in [3.05, 3.63) is 103 Å². The van der Waals surface area contributed by atoms with Crippen LogP contribution in [-0.2, 0) is 6.61 Å². The molecule has 3 aromatic rings. The van der Waals surface area contributed by atoms with Gasteiger partial charge < -0.3 is 14.8 Å². The van der Waals surface area contributed by atoms with Crippen molar-refractivity contribution < 1.29 is 14.4 Å². The van der Waals surface area contributed by atoms with E-state index in [1.807, 2.05) is 42.5 Å². The monoisotopic (exact) mass is 540 g/mol. The molecule has 0 spiro atoms. The van der Waals surface area contributed by atoms with Gasteiger partial charge in [0.15, 0.2) is 11.5 Å². The molecule has 34 heavy (non-hydrogen) atoms. The first-order chi connectivity index (χ1) is 16.5. The molecule has 1 aliphatic carbocycles.